The van der Waals surface area contributed by atoms with Gasteiger partial charge in [0.2, 0.25) is 21.8 Å². The number of nitrogens with zero attached hydrogens (tertiary/aromatic N) is 1. The molecule has 0 spiro atoms. The van der Waals surface area contributed by atoms with Gasteiger partial charge < -0.3 is 10.6 Å². The van der Waals surface area contributed by atoms with E-state index in [-0.39, 0.29) is 24.0 Å². The minimum absolute atomic E-state index is 0.00858. The van der Waals surface area contributed by atoms with Gasteiger partial charge in [0.05, 0.1) is 17.9 Å². The Kier molecular flexibility index (Phi) is 7.55. The first-order valence-corrected chi connectivity index (χ1v) is 10.7. The van der Waals surface area contributed by atoms with Crippen LogP contribution in [0.1, 0.15) is 18.1 Å². The molecule has 2 aromatic carbocycles. The van der Waals surface area contributed by atoms with Crippen LogP contribution >= 0.6 is 0 Å². The van der Waals surface area contributed by atoms with Crippen LogP contribution in [-0.4, -0.2) is 33.0 Å². The Hall–Kier alpha value is -3.13. The first-order valence-electron chi connectivity index (χ1n) is 9.10. The van der Waals surface area contributed by atoms with E-state index in [4.69, 9.17) is 0 Å². The molecule has 0 fully saturated rings. The Bertz CT molecular complexity index is 985. The Morgan fingerprint density at radius 1 is 1.07 bits per heavy atom. The molecular weight excluding hydrogens is 390 g/mol. The van der Waals surface area contributed by atoms with E-state index >= 15 is 0 Å². The van der Waals surface area contributed by atoms with Crippen LogP contribution in [0.15, 0.2) is 61.2 Å². The summed E-state index contributed by atoms with van der Waals surface area (Å²) in [6, 6.07) is 14.0. The molecule has 0 saturated heterocycles. The van der Waals surface area contributed by atoms with Crippen molar-refractivity contribution in [1.29, 1.82) is 0 Å². The van der Waals surface area contributed by atoms with Gasteiger partial charge in [-0.15, -0.1) is 0 Å². The lowest BCUT2D eigenvalue weighted by atomic mass is 10.0. The van der Waals surface area contributed by atoms with E-state index in [1.807, 2.05) is 24.3 Å². The highest BCUT2D eigenvalue weighted by molar-refractivity contribution is 7.92. The van der Waals surface area contributed by atoms with Gasteiger partial charge in [0.25, 0.3) is 0 Å². The van der Waals surface area contributed by atoms with Crippen LogP contribution < -0.4 is 14.9 Å². The Morgan fingerprint density at radius 2 is 1.69 bits per heavy atom. The van der Waals surface area contributed by atoms with E-state index in [9.17, 15) is 18.0 Å². The number of amides is 2. The van der Waals surface area contributed by atoms with Crippen LogP contribution in [0.5, 0.6) is 0 Å². The number of hydrogen-bond donors (Lipinski definition) is 2. The van der Waals surface area contributed by atoms with Crippen molar-refractivity contribution >= 4 is 33.2 Å². The molecule has 0 bridgehead atoms. The number of hydrogen-bond acceptors (Lipinski definition) is 4. The summed E-state index contributed by atoms with van der Waals surface area (Å²) in [6.07, 6.45) is 1.34. The fraction of sp³-hybridized carbons (Fsp3) is 0.238. The van der Waals surface area contributed by atoms with Gasteiger partial charge in [-0.2, -0.15) is 0 Å². The Labute approximate surface area is 171 Å². The summed E-state index contributed by atoms with van der Waals surface area (Å²) in [4.78, 5) is 23.8. The predicted octanol–water partition coefficient (Wildman–Crippen LogP) is 2.46. The molecule has 0 aromatic heterocycles. The molecule has 0 saturated carbocycles. The van der Waals surface area contributed by atoms with Crippen molar-refractivity contribution in [2.45, 2.75) is 19.9 Å². The number of benzene rings is 2. The lowest BCUT2D eigenvalue weighted by Crippen LogP contribution is -2.27. The zero-order chi connectivity index (χ0) is 21.4. The van der Waals surface area contributed by atoms with Crippen LogP contribution in [0.4, 0.5) is 11.4 Å². The molecular formula is C21H25N3O4S. The molecule has 2 aromatic rings. The molecule has 0 radical (unpaired) electrons. The highest BCUT2D eigenvalue weighted by atomic mass is 32.2. The van der Waals surface area contributed by atoms with Crippen molar-refractivity contribution in [1.82, 2.24) is 5.32 Å². The van der Waals surface area contributed by atoms with Crippen LogP contribution in [0.2, 0.25) is 0 Å². The monoisotopic (exact) mass is 415 g/mol. The highest BCUT2D eigenvalue weighted by Gasteiger charge is 2.15. The van der Waals surface area contributed by atoms with Crippen LogP contribution in [-0.2, 0) is 32.6 Å². The van der Waals surface area contributed by atoms with E-state index in [2.05, 4.69) is 17.2 Å². The second-order valence-electron chi connectivity index (χ2n) is 6.33. The lowest BCUT2D eigenvalue weighted by Gasteiger charge is -2.18. The summed E-state index contributed by atoms with van der Waals surface area (Å²) in [6.45, 7) is 5.30. The summed E-state index contributed by atoms with van der Waals surface area (Å²) < 4.78 is 25.1. The van der Waals surface area contributed by atoms with Gasteiger partial charge in [-0.3, -0.25) is 13.9 Å². The molecule has 29 heavy (non-hydrogen) atoms. The van der Waals surface area contributed by atoms with E-state index in [1.165, 1.54) is 17.4 Å². The maximum atomic E-state index is 12.4. The van der Waals surface area contributed by atoms with Gasteiger partial charge in [0, 0.05) is 19.3 Å². The molecule has 8 heteroatoms. The average molecular weight is 416 g/mol. The van der Waals surface area contributed by atoms with Gasteiger partial charge in [-0.1, -0.05) is 30.8 Å². The highest BCUT2D eigenvalue weighted by Crippen LogP contribution is 2.20. The standard InChI is InChI=1S/C21H25N3O4S/c1-4-20(25)22-15-17-9-7-6-8-16(17)14-21(26)23-18-10-12-19(13-11-18)24(3)29(27,28)5-2/h4,6-13H,1,5,14-15H2,2-3H3,(H,22,25)(H,23,26). The largest absolute Gasteiger partial charge is 0.348 e. The van der Waals surface area contributed by atoms with E-state index < -0.39 is 10.0 Å². The topological polar surface area (TPSA) is 95.6 Å². The zero-order valence-corrected chi connectivity index (χ0v) is 17.3. The quantitative estimate of drug-likeness (QED) is 0.615. The number of rotatable bonds is 9. The van der Waals surface area contributed by atoms with Crippen molar-refractivity contribution in [2.24, 2.45) is 0 Å². The Balaban J connectivity index is 2.03. The molecule has 0 aliphatic rings. The summed E-state index contributed by atoms with van der Waals surface area (Å²) >= 11 is 0. The van der Waals surface area contributed by atoms with Crippen molar-refractivity contribution in [2.75, 3.05) is 22.4 Å². The molecule has 154 valence electrons. The lowest BCUT2D eigenvalue weighted by molar-refractivity contribution is -0.116. The zero-order valence-electron chi connectivity index (χ0n) is 16.5. The molecule has 0 aliphatic carbocycles. The predicted molar refractivity (Wildman–Crippen MR) is 115 cm³/mol. The summed E-state index contributed by atoms with van der Waals surface area (Å²) in [5.41, 5.74) is 2.74. The number of nitrogens with one attached hydrogen (secondary N) is 2. The van der Waals surface area contributed by atoms with E-state index in [1.54, 1.807) is 31.2 Å². The third-order valence-corrected chi connectivity index (χ3v) is 6.18. The maximum Gasteiger partial charge on any atom is 0.243 e. The van der Waals surface area contributed by atoms with Crippen LogP contribution in [0.25, 0.3) is 0 Å². The normalized spacial score (nSPS) is 10.8. The second kappa shape index (κ2) is 9.88. The summed E-state index contributed by atoms with van der Waals surface area (Å²) in [5.74, 6) is -0.483. The van der Waals surface area contributed by atoms with E-state index in [0.717, 1.165) is 11.1 Å². The minimum atomic E-state index is -3.34. The molecule has 7 nitrogen and oxygen atoms in total. The first kappa shape index (κ1) is 22.2. The number of anilines is 2. The molecule has 2 N–H and O–H groups in total. The van der Waals surface area contributed by atoms with Crippen molar-refractivity contribution in [3.8, 4) is 0 Å². The average Bonchev–Trinajstić information content (AvgIpc) is 2.72. The van der Waals surface area contributed by atoms with Crippen molar-refractivity contribution < 1.29 is 18.0 Å². The Morgan fingerprint density at radius 3 is 2.28 bits per heavy atom. The van der Waals surface area contributed by atoms with Gasteiger partial charge in [0.1, 0.15) is 0 Å². The van der Waals surface area contributed by atoms with E-state index in [0.29, 0.717) is 17.9 Å². The molecule has 0 unspecified atom stereocenters. The molecule has 0 aliphatic heterocycles. The van der Waals surface area contributed by atoms with Crippen LogP contribution in [0, 0.1) is 0 Å². The number of carbonyl (C=O) groups is 2. The summed E-state index contributed by atoms with van der Waals surface area (Å²) in [5, 5.41) is 5.51. The number of sulfonamides is 1. The smallest absolute Gasteiger partial charge is 0.243 e. The maximum absolute atomic E-state index is 12.4. The second-order valence-corrected chi connectivity index (χ2v) is 8.62. The minimum Gasteiger partial charge on any atom is -0.348 e. The third-order valence-electron chi connectivity index (χ3n) is 4.40. The van der Waals surface area contributed by atoms with Crippen LogP contribution in [0.3, 0.4) is 0 Å². The van der Waals surface area contributed by atoms with Crippen molar-refractivity contribution in [3.63, 3.8) is 0 Å². The number of carbonyl (C=O) groups excluding carboxylic acids is 2. The van der Waals surface area contributed by atoms with Gasteiger partial charge in [0.15, 0.2) is 0 Å². The molecule has 0 atom stereocenters. The molecule has 2 rings (SSSR count). The molecule has 2 amide bonds. The van der Waals surface area contributed by atoms with Gasteiger partial charge >= 0.3 is 0 Å². The fourth-order valence-electron chi connectivity index (χ4n) is 2.64. The van der Waals surface area contributed by atoms with Crippen molar-refractivity contribution in [3.05, 3.63) is 72.3 Å². The first-order chi connectivity index (χ1) is 13.8. The van der Waals surface area contributed by atoms with Gasteiger partial charge in [-0.05, 0) is 48.4 Å². The SMILES string of the molecule is C=CC(=O)NCc1ccccc1CC(=O)Nc1ccc(N(C)S(=O)(=O)CC)cc1. The fourth-order valence-corrected chi connectivity index (χ4v) is 3.47. The molecule has 0 heterocycles. The summed E-state index contributed by atoms with van der Waals surface area (Å²) in [7, 11) is -1.84. The third kappa shape index (κ3) is 6.18. The van der Waals surface area contributed by atoms with Gasteiger partial charge in [-0.25, -0.2) is 8.42 Å².